The van der Waals surface area contributed by atoms with Gasteiger partial charge in [-0.1, -0.05) is 26.7 Å². The fraction of sp³-hybridized carbons (Fsp3) is 0.562. The number of esters is 1. The standard InChI is InChI=1S/C16H25NO2/c1-5-7-14(8-6-2)17-15-10-9-13(11-12(15)3)16(18)19-4/h9-11,14,17H,5-8H2,1-4H3. The molecule has 0 radical (unpaired) electrons. The van der Waals surface area contributed by atoms with Crippen LogP contribution in [0.1, 0.15) is 55.5 Å². The van der Waals surface area contributed by atoms with Crippen LogP contribution in [0.4, 0.5) is 5.69 Å². The second kappa shape index (κ2) is 7.82. The van der Waals surface area contributed by atoms with Gasteiger partial charge in [0.1, 0.15) is 0 Å². The molecule has 1 aromatic rings. The third-order valence-electron chi connectivity index (χ3n) is 3.28. The molecular formula is C16H25NO2. The fourth-order valence-corrected chi connectivity index (χ4v) is 2.28. The summed E-state index contributed by atoms with van der Waals surface area (Å²) in [5.74, 6) is -0.284. The summed E-state index contributed by atoms with van der Waals surface area (Å²) in [5, 5.41) is 3.58. The van der Waals surface area contributed by atoms with Gasteiger partial charge in [0.05, 0.1) is 12.7 Å². The molecule has 0 atom stereocenters. The molecule has 1 aromatic carbocycles. The molecule has 0 spiro atoms. The van der Waals surface area contributed by atoms with E-state index in [0.29, 0.717) is 11.6 Å². The van der Waals surface area contributed by atoms with E-state index in [1.807, 2.05) is 25.1 Å². The molecule has 0 amide bonds. The number of hydrogen-bond acceptors (Lipinski definition) is 3. The zero-order valence-electron chi connectivity index (χ0n) is 12.5. The van der Waals surface area contributed by atoms with Crippen LogP contribution in [-0.4, -0.2) is 19.1 Å². The third kappa shape index (κ3) is 4.58. The third-order valence-corrected chi connectivity index (χ3v) is 3.28. The van der Waals surface area contributed by atoms with Crippen LogP contribution in [0, 0.1) is 6.92 Å². The first kappa shape index (κ1) is 15.5. The first-order valence-electron chi connectivity index (χ1n) is 7.07. The molecule has 0 aliphatic carbocycles. The molecule has 0 fully saturated rings. The maximum Gasteiger partial charge on any atom is 0.337 e. The van der Waals surface area contributed by atoms with Crippen molar-refractivity contribution in [3.63, 3.8) is 0 Å². The molecule has 0 aromatic heterocycles. The van der Waals surface area contributed by atoms with Gasteiger partial charge in [0.15, 0.2) is 0 Å². The van der Waals surface area contributed by atoms with Crippen molar-refractivity contribution >= 4 is 11.7 Å². The Labute approximate surface area is 116 Å². The van der Waals surface area contributed by atoms with Gasteiger partial charge >= 0.3 is 5.97 Å². The highest BCUT2D eigenvalue weighted by molar-refractivity contribution is 5.90. The minimum atomic E-state index is -0.284. The number of carbonyl (C=O) groups is 1. The monoisotopic (exact) mass is 263 g/mol. The Balaban J connectivity index is 2.80. The summed E-state index contributed by atoms with van der Waals surface area (Å²) in [6, 6.07) is 6.18. The second-order valence-electron chi connectivity index (χ2n) is 4.94. The maximum absolute atomic E-state index is 11.5. The largest absolute Gasteiger partial charge is 0.465 e. The van der Waals surface area contributed by atoms with Crippen molar-refractivity contribution in [1.82, 2.24) is 0 Å². The average molecular weight is 263 g/mol. The van der Waals surface area contributed by atoms with Crippen molar-refractivity contribution < 1.29 is 9.53 Å². The molecular weight excluding hydrogens is 238 g/mol. The molecule has 0 aliphatic heterocycles. The highest BCUT2D eigenvalue weighted by Gasteiger charge is 2.10. The molecule has 19 heavy (non-hydrogen) atoms. The second-order valence-corrected chi connectivity index (χ2v) is 4.94. The van der Waals surface area contributed by atoms with Gasteiger partial charge < -0.3 is 10.1 Å². The number of carbonyl (C=O) groups excluding carboxylic acids is 1. The van der Waals surface area contributed by atoms with E-state index in [1.165, 1.54) is 32.8 Å². The van der Waals surface area contributed by atoms with E-state index in [9.17, 15) is 4.79 Å². The van der Waals surface area contributed by atoms with Crippen molar-refractivity contribution in [2.24, 2.45) is 0 Å². The number of hydrogen-bond donors (Lipinski definition) is 1. The highest BCUT2D eigenvalue weighted by atomic mass is 16.5. The predicted molar refractivity (Wildman–Crippen MR) is 79.7 cm³/mol. The molecule has 0 aliphatic rings. The van der Waals surface area contributed by atoms with Gasteiger partial charge in [-0.05, 0) is 43.5 Å². The Hall–Kier alpha value is -1.51. The number of methoxy groups -OCH3 is 1. The van der Waals surface area contributed by atoms with E-state index in [4.69, 9.17) is 4.74 Å². The van der Waals surface area contributed by atoms with Crippen LogP contribution >= 0.6 is 0 Å². The van der Waals surface area contributed by atoms with Crippen molar-refractivity contribution in [2.75, 3.05) is 12.4 Å². The summed E-state index contributed by atoms with van der Waals surface area (Å²) in [7, 11) is 1.41. The van der Waals surface area contributed by atoms with Gasteiger partial charge in [-0.25, -0.2) is 4.79 Å². The Bertz CT molecular complexity index is 409. The van der Waals surface area contributed by atoms with Crippen LogP contribution in [0.25, 0.3) is 0 Å². The van der Waals surface area contributed by atoms with Gasteiger partial charge in [0.25, 0.3) is 0 Å². The molecule has 0 heterocycles. The lowest BCUT2D eigenvalue weighted by molar-refractivity contribution is 0.0600. The number of benzene rings is 1. The van der Waals surface area contributed by atoms with E-state index >= 15 is 0 Å². The number of ether oxygens (including phenoxy) is 1. The molecule has 3 heteroatoms. The van der Waals surface area contributed by atoms with E-state index < -0.39 is 0 Å². The van der Waals surface area contributed by atoms with Crippen LogP contribution in [0.5, 0.6) is 0 Å². The molecule has 1 N–H and O–H groups in total. The smallest absolute Gasteiger partial charge is 0.337 e. The lowest BCUT2D eigenvalue weighted by Gasteiger charge is -2.20. The molecule has 0 saturated heterocycles. The summed E-state index contributed by atoms with van der Waals surface area (Å²) < 4.78 is 4.73. The van der Waals surface area contributed by atoms with Crippen molar-refractivity contribution in [1.29, 1.82) is 0 Å². The van der Waals surface area contributed by atoms with Crippen molar-refractivity contribution in [3.05, 3.63) is 29.3 Å². The van der Waals surface area contributed by atoms with Gasteiger partial charge in [-0.15, -0.1) is 0 Å². The summed E-state index contributed by atoms with van der Waals surface area (Å²) in [6.45, 7) is 6.43. The van der Waals surface area contributed by atoms with Crippen LogP contribution in [0.3, 0.4) is 0 Å². The summed E-state index contributed by atoms with van der Waals surface area (Å²) in [4.78, 5) is 11.5. The number of rotatable bonds is 7. The summed E-state index contributed by atoms with van der Waals surface area (Å²) in [5.41, 5.74) is 2.80. The Morgan fingerprint density at radius 1 is 1.26 bits per heavy atom. The minimum absolute atomic E-state index is 0.284. The zero-order chi connectivity index (χ0) is 14.3. The molecule has 0 saturated carbocycles. The van der Waals surface area contributed by atoms with Gasteiger partial charge in [0, 0.05) is 11.7 Å². The predicted octanol–water partition coefficient (Wildman–Crippen LogP) is 4.16. The Morgan fingerprint density at radius 2 is 1.89 bits per heavy atom. The average Bonchev–Trinajstić information content (AvgIpc) is 2.40. The van der Waals surface area contributed by atoms with E-state index in [2.05, 4.69) is 19.2 Å². The molecule has 0 unspecified atom stereocenters. The molecule has 106 valence electrons. The van der Waals surface area contributed by atoms with Crippen LogP contribution in [0.15, 0.2) is 18.2 Å². The van der Waals surface area contributed by atoms with Gasteiger partial charge in [-0.2, -0.15) is 0 Å². The fourth-order valence-electron chi connectivity index (χ4n) is 2.28. The Morgan fingerprint density at radius 3 is 2.37 bits per heavy atom. The van der Waals surface area contributed by atoms with Gasteiger partial charge in [-0.3, -0.25) is 0 Å². The van der Waals surface area contributed by atoms with Gasteiger partial charge in [0.2, 0.25) is 0 Å². The van der Waals surface area contributed by atoms with Crippen LogP contribution < -0.4 is 5.32 Å². The first-order chi connectivity index (χ1) is 9.12. The quantitative estimate of drug-likeness (QED) is 0.751. The minimum Gasteiger partial charge on any atom is -0.465 e. The summed E-state index contributed by atoms with van der Waals surface area (Å²) in [6.07, 6.45) is 4.70. The number of nitrogens with one attached hydrogen (secondary N) is 1. The lowest BCUT2D eigenvalue weighted by Crippen LogP contribution is -2.19. The lowest BCUT2D eigenvalue weighted by atomic mass is 10.0. The number of aryl methyl sites for hydroxylation is 1. The maximum atomic E-state index is 11.5. The van der Waals surface area contributed by atoms with E-state index in [0.717, 1.165) is 11.3 Å². The normalized spacial score (nSPS) is 10.6. The topological polar surface area (TPSA) is 38.3 Å². The highest BCUT2D eigenvalue weighted by Crippen LogP contribution is 2.20. The molecule has 1 rings (SSSR count). The van der Waals surface area contributed by atoms with E-state index in [-0.39, 0.29) is 5.97 Å². The first-order valence-corrected chi connectivity index (χ1v) is 7.07. The number of anilines is 1. The Kier molecular flexibility index (Phi) is 6.40. The van der Waals surface area contributed by atoms with Crippen LogP contribution in [-0.2, 0) is 4.74 Å². The van der Waals surface area contributed by atoms with Crippen molar-refractivity contribution in [3.8, 4) is 0 Å². The van der Waals surface area contributed by atoms with Crippen molar-refractivity contribution in [2.45, 2.75) is 52.5 Å². The van der Waals surface area contributed by atoms with E-state index in [1.54, 1.807) is 0 Å². The molecule has 0 bridgehead atoms. The molecule has 3 nitrogen and oxygen atoms in total. The summed E-state index contributed by atoms with van der Waals surface area (Å²) >= 11 is 0. The SMILES string of the molecule is CCCC(CCC)Nc1ccc(C(=O)OC)cc1C. The van der Waals surface area contributed by atoms with Crippen LogP contribution in [0.2, 0.25) is 0 Å². The zero-order valence-corrected chi connectivity index (χ0v) is 12.5.